The first-order valence-corrected chi connectivity index (χ1v) is 8.60. The van der Waals surface area contributed by atoms with E-state index in [9.17, 15) is 9.59 Å². The van der Waals surface area contributed by atoms with Crippen molar-refractivity contribution in [3.8, 4) is 0 Å². The molecule has 2 aromatic carbocycles. The highest BCUT2D eigenvalue weighted by Crippen LogP contribution is 2.22. The first-order chi connectivity index (χ1) is 12.3. The summed E-state index contributed by atoms with van der Waals surface area (Å²) in [6.45, 7) is 6.16. The number of benzene rings is 2. The van der Waals surface area contributed by atoms with Gasteiger partial charge in [-0.15, -0.1) is 0 Å². The van der Waals surface area contributed by atoms with Crippen molar-refractivity contribution in [2.75, 3.05) is 6.54 Å². The average Bonchev–Trinajstić information content (AvgIpc) is 2.59. The lowest BCUT2D eigenvalue weighted by molar-refractivity contribution is -0.120. The molecule has 0 saturated heterocycles. The number of hydrogen-bond donors (Lipinski definition) is 2. The molecule has 0 spiro atoms. The minimum absolute atomic E-state index is 0.0237. The molecule has 136 valence electrons. The zero-order chi connectivity index (χ0) is 19.2. The molecule has 0 atom stereocenters. The standard InChI is InChI=1S/C20H22ClN3O2/c1-20(2,3)16-9-7-15(8-10-16)19(26)22-13-18(25)24-23-12-14-5-4-6-17(21)11-14/h4-12H,13H2,1-3H3,(H,22,26)(H,24,25)/b23-12-. The van der Waals surface area contributed by atoms with Crippen LogP contribution in [0, 0.1) is 0 Å². The predicted octanol–water partition coefficient (Wildman–Crippen LogP) is 3.52. The molecule has 2 N–H and O–H groups in total. The Labute approximate surface area is 158 Å². The quantitative estimate of drug-likeness (QED) is 0.623. The number of nitrogens with one attached hydrogen (secondary N) is 2. The molecule has 0 saturated carbocycles. The van der Waals surface area contributed by atoms with Crippen molar-refractivity contribution in [2.45, 2.75) is 26.2 Å². The first-order valence-electron chi connectivity index (χ1n) is 8.22. The van der Waals surface area contributed by atoms with Gasteiger partial charge in [-0.2, -0.15) is 5.10 Å². The largest absolute Gasteiger partial charge is 0.343 e. The van der Waals surface area contributed by atoms with Crippen molar-refractivity contribution in [3.05, 3.63) is 70.2 Å². The lowest BCUT2D eigenvalue weighted by Gasteiger charge is -2.19. The maximum Gasteiger partial charge on any atom is 0.259 e. The Hall–Kier alpha value is -2.66. The summed E-state index contributed by atoms with van der Waals surface area (Å²) in [5, 5.41) is 6.99. The van der Waals surface area contributed by atoms with E-state index in [-0.39, 0.29) is 17.9 Å². The van der Waals surface area contributed by atoms with E-state index in [0.717, 1.165) is 11.1 Å². The van der Waals surface area contributed by atoms with Gasteiger partial charge in [0.1, 0.15) is 0 Å². The highest BCUT2D eigenvalue weighted by Gasteiger charge is 2.14. The third-order valence-corrected chi connectivity index (χ3v) is 3.91. The van der Waals surface area contributed by atoms with Gasteiger partial charge in [0.05, 0.1) is 12.8 Å². The van der Waals surface area contributed by atoms with Gasteiger partial charge in [0.2, 0.25) is 0 Å². The maximum absolute atomic E-state index is 12.1. The van der Waals surface area contributed by atoms with Gasteiger partial charge in [0.25, 0.3) is 11.8 Å². The number of carbonyl (C=O) groups is 2. The minimum atomic E-state index is -0.414. The smallest absolute Gasteiger partial charge is 0.259 e. The number of hydrazone groups is 1. The maximum atomic E-state index is 12.1. The van der Waals surface area contributed by atoms with Crippen LogP contribution in [0.5, 0.6) is 0 Å². The van der Waals surface area contributed by atoms with Gasteiger partial charge in [-0.05, 0) is 40.8 Å². The Morgan fingerprint density at radius 1 is 1.12 bits per heavy atom. The normalized spacial score (nSPS) is 11.4. The van der Waals surface area contributed by atoms with Crippen LogP contribution in [0.3, 0.4) is 0 Å². The predicted molar refractivity (Wildman–Crippen MR) is 105 cm³/mol. The van der Waals surface area contributed by atoms with Gasteiger partial charge >= 0.3 is 0 Å². The van der Waals surface area contributed by atoms with Crippen LogP contribution in [-0.2, 0) is 10.2 Å². The number of hydrogen-bond acceptors (Lipinski definition) is 3. The molecular formula is C20H22ClN3O2. The molecule has 0 bridgehead atoms. The molecule has 0 radical (unpaired) electrons. The lowest BCUT2D eigenvalue weighted by Crippen LogP contribution is -2.34. The molecule has 0 aromatic heterocycles. The summed E-state index contributed by atoms with van der Waals surface area (Å²) in [4.78, 5) is 23.9. The van der Waals surface area contributed by atoms with E-state index in [1.807, 2.05) is 18.2 Å². The lowest BCUT2D eigenvalue weighted by atomic mass is 9.87. The Morgan fingerprint density at radius 3 is 2.42 bits per heavy atom. The topological polar surface area (TPSA) is 70.6 Å². The van der Waals surface area contributed by atoms with Crippen LogP contribution < -0.4 is 10.7 Å². The summed E-state index contributed by atoms with van der Waals surface area (Å²) in [5.41, 5.74) is 4.80. The van der Waals surface area contributed by atoms with Crippen LogP contribution in [0.15, 0.2) is 53.6 Å². The third-order valence-electron chi connectivity index (χ3n) is 3.67. The van der Waals surface area contributed by atoms with E-state index in [2.05, 4.69) is 36.6 Å². The summed E-state index contributed by atoms with van der Waals surface area (Å²) in [6.07, 6.45) is 1.48. The second-order valence-corrected chi connectivity index (χ2v) is 7.29. The van der Waals surface area contributed by atoms with Crippen LogP contribution in [0.25, 0.3) is 0 Å². The van der Waals surface area contributed by atoms with Gasteiger partial charge in [-0.1, -0.05) is 56.6 Å². The molecule has 5 nitrogen and oxygen atoms in total. The average molecular weight is 372 g/mol. The van der Waals surface area contributed by atoms with E-state index in [1.54, 1.807) is 30.3 Å². The summed E-state index contributed by atoms with van der Waals surface area (Å²) in [7, 11) is 0. The van der Waals surface area contributed by atoms with Crippen LogP contribution in [0.4, 0.5) is 0 Å². The number of carbonyl (C=O) groups excluding carboxylic acids is 2. The van der Waals surface area contributed by atoms with Crippen LogP contribution in [0.1, 0.15) is 42.3 Å². The Morgan fingerprint density at radius 2 is 1.81 bits per heavy atom. The number of halogens is 1. The first kappa shape index (κ1) is 19.7. The molecule has 0 fully saturated rings. The highest BCUT2D eigenvalue weighted by atomic mass is 35.5. The van der Waals surface area contributed by atoms with Crippen LogP contribution in [-0.4, -0.2) is 24.6 Å². The fourth-order valence-electron chi connectivity index (χ4n) is 2.19. The van der Waals surface area contributed by atoms with Gasteiger partial charge < -0.3 is 5.32 Å². The Kier molecular flexibility index (Phi) is 6.52. The van der Waals surface area contributed by atoms with Crippen molar-refractivity contribution < 1.29 is 9.59 Å². The zero-order valence-corrected chi connectivity index (χ0v) is 15.8. The van der Waals surface area contributed by atoms with Crippen LogP contribution >= 0.6 is 11.6 Å². The SMILES string of the molecule is CC(C)(C)c1ccc(C(=O)NCC(=O)N/N=C\c2cccc(Cl)c2)cc1. The molecule has 0 aliphatic carbocycles. The van der Waals surface area contributed by atoms with Crippen LogP contribution in [0.2, 0.25) is 5.02 Å². The molecular weight excluding hydrogens is 350 g/mol. The molecule has 2 aromatic rings. The highest BCUT2D eigenvalue weighted by molar-refractivity contribution is 6.30. The monoisotopic (exact) mass is 371 g/mol. The van der Waals surface area contributed by atoms with E-state index in [1.165, 1.54) is 6.21 Å². The molecule has 2 amide bonds. The van der Waals surface area contributed by atoms with Gasteiger partial charge in [-0.3, -0.25) is 9.59 Å². The van der Waals surface area contributed by atoms with Gasteiger partial charge in [0, 0.05) is 10.6 Å². The third kappa shape index (κ3) is 6.01. The Balaban J connectivity index is 1.82. The molecule has 0 heterocycles. The van der Waals surface area contributed by atoms with E-state index in [4.69, 9.17) is 11.6 Å². The van der Waals surface area contributed by atoms with Gasteiger partial charge in [-0.25, -0.2) is 5.43 Å². The zero-order valence-electron chi connectivity index (χ0n) is 15.0. The summed E-state index contributed by atoms with van der Waals surface area (Å²) in [5.74, 6) is -0.720. The fraction of sp³-hybridized carbons (Fsp3) is 0.250. The molecule has 0 aliphatic heterocycles. The number of nitrogens with zero attached hydrogens (tertiary/aromatic N) is 1. The van der Waals surface area contributed by atoms with Crippen molar-refractivity contribution in [1.29, 1.82) is 0 Å². The van der Waals surface area contributed by atoms with Gasteiger partial charge in [0.15, 0.2) is 0 Å². The fourth-order valence-corrected chi connectivity index (χ4v) is 2.39. The van der Waals surface area contributed by atoms with E-state index in [0.29, 0.717) is 10.6 Å². The molecule has 0 unspecified atom stereocenters. The van der Waals surface area contributed by atoms with Crippen molar-refractivity contribution in [2.24, 2.45) is 5.10 Å². The second kappa shape index (κ2) is 8.63. The Bertz CT molecular complexity index is 809. The molecule has 6 heteroatoms. The summed E-state index contributed by atoms with van der Waals surface area (Å²) < 4.78 is 0. The van der Waals surface area contributed by atoms with Crippen molar-refractivity contribution in [3.63, 3.8) is 0 Å². The molecule has 0 aliphatic rings. The number of rotatable bonds is 5. The van der Waals surface area contributed by atoms with Crippen molar-refractivity contribution >= 4 is 29.6 Å². The van der Waals surface area contributed by atoms with E-state index < -0.39 is 5.91 Å². The second-order valence-electron chi connectivity index (χ2n) is 6.86. The minimum Gasteiger partial charge on any atom is -0.343 e. The summed E-state index contributed by atoms with van der Waals surface area (Å²) >= 11 is 5.87. The van der Waals surface area contributed by atoms with Crippen molar-refractivity contribution in [1.82, 2.24) is 10.7 Å². The molecule has 26 heavy (non-hydrogen) atoms. The molecule has 2 rings (SSSR count). The summed E-state index contributed by atoms with van der Waals surface area (Å²) in [6, 6.07) is 14.4. The number of amides is 2. The van der Waals surface area contributed by atoms with E-state index >= 15 is 0 Å².